The monoisotopic (exact) mass is 334 g/mol. The summed E-state index contributed by atoms with van der Waals surface area (Å²) < 4.78 is 6.32. The van der Waals surface area contributed by atoms with E-state index in [-0.39, 0.29) is 5.56 Å². The third-order valence-corrected chi connectivity index (χ3v) is 3.51. The second kappa shape index (κ2) is 7.10. The van der Waals surface area contributed by atoms with Crippen molar-refractivity contribution >= 4 is 21.9 Å². The summed E-state index contributed by atoms with van der Waals surface area (Å²) in [5, 5.41) is 8.88. The van der Waals surface area contributed by atoms with E-state index in [1.807, 2.05) is 18.2 Å². The molecule has 0 fully saturated rings. The van der Waals surface area contributed by atoms with E-state index in [2.05, 4.69) is 28.1 Å². The average Bonchev–Trinajstić information content (AvgIpc) is 2.46. The zero-order valence-electron chi connectivity index (χ0n) is 10.9. The second-order valence-corrected chi connectivity index (χ2v) is 5.24. The van der Waals surface area contributed by atoms with E-state index in [9.17, 15) is 4.79 Å². The molecule has 0 amide bonds. The predicted molar refractivity (Wildman–Crippen MR) is 81.4 cm³/mol. The van der Waals surface area contributed by atoms with Gasteiger partial charge in [0.2, 0.25) is 0 Å². The first kappa shape index (κ1) is 14.6. The molecule has 0 aliphatic heterocycles. The van der Waals surface area contributed by atoms with E-state index in [4.69, 9.17) is 9.84 Å². The van der Waals surface area contributed by atoms with Crippen LogP contribution in [0, 0.1) is 0 Å². The summed E-state index contributed by atoms with van der Waals surface area (Å²) in [5.74, 6) is -0.274. The number of benzene rings is 2. The number of halogens is 1. The smallest absolute Gasteiger partial charge is 0.335 e. The second-order valence-electron chi connectivity index (χ2n) is 4.39. The third kappa shape index (κ3) is 4.10. The van der Waals surface area contributed by atoms with Crippen molar-refractivity contribution < 1.29 is 14.6 Å². The molecule has 0 atom stereocenters. The molecule has 2 rings (SSSR count). The van der Waals surface area contributed by atoms with Gasteiger partial charge < -0.3 is 9.84 Å². The van der Waals surface area contributed by atoms with Crippen LogP contribution in [0.5, 0.6) is 5.75 Å². The molecule has 0 aliphatic carbocycles. The van der Waals surface area contributed by atoms with Crippen LogP contribution in [-0.2, 0) is 6.42 Å². The minimum Gasteiger partial charge on any atom is -0.492 e. The highest BCUT2D eigenvalue weighted by atomic mass is 79.9. The number of carbonyl (C=O) groups is 1. The normalized spacial score (nSPS) is 10.2. The number of aromatic carboxylic acids is 1. The first-order valence-electron chi connectivity index (χ1n) is 6.36. The molecular formula is C16H15BrO3. The Hall–Kier alpha value is -1.81. The summed E-state index contributed by atoms with van der Waals surface area (Å²) in [6.45, 7) is 0.597. The van der Waals surface area contributed by atoms with Gasteiger partial charge in [0.1, 0.15) is 5.75 Å². The summed E-state index contributed by atoms with van der Waals surface area (Å²) in [6, 6.07) is 15.0. The van der Waals surface area contributed by atoms with Gasteiger partial charge in [-0.2, -0.15) is 0 Å². The van der Waals surface area contributed by atoms with Crippen molar-refractivity contribution in [1.29, 1.82) is 0 Å². The summed E-state index contributed by atoms with van der Waals surface area (Å²) in [5.41, 5.74) is 1.53. The van der Waals surface area contributed by atoms with E-state index >= 15 is 0 Å². The molecule has 0 spiro atoms. The van der Waals surface area contributed by atoms with Crippen LogP contribution in [0.1, 0.15) is 22.3 Å². The Bertz CT molecular complexity index is 582. The number of carboxylic acids is 1. The summed E-state index contributed by atoms with van der Waals surface area (Å²) in [4.78, 5) is 10.8. The van der Waals surface area contributed by atoms with E-state index in [1.165, 1.54) is 5.56 Å². The number of rotatable bonds is 6. The lowest BCUT2D eigenvalue weighted by atomic mass is 10.1. The Kier molecular flexibility index (Phi) is 5.18. The molecule has 104 valence electrons. The molecule has 0 heterocycles. The van der Waals surface area contributed by atoms with E-state index in [0.717, 1.165) is 12.8 Å². The Balaban J connectivity index is 1.84. The average molecular weight is 335 g/mol. The fraction of sp³-hybridized carbons (Fsp3) is 0.188. The molecule has 0 aromatic heterocycles. The summed E-state index contributed by atoms with van der Waals surface area (Å²) in [7, 11) is 0. The van der Waals surface area contributed by atoms with Crippen molar-refractivity contribution in [3.8, 4) is 5.75 Å². The zero-order chi connectivity index (χ0) is 14.4. The molecule has 0 radical (unpaired) electrons. The lowest BCUT2D eigenvalue weighted by Gasteiger charge is -2.08. The molecule has 20 heavy (non-hydrogen) atoms. The van der Waals surface area contributed by atoms with Gasteiger partial charge in [-0.1, -0.05) is 30.3 Å². The highest BCUT2D eigenvalue weighted by Gasteiger charge is 2.07. The van der Waals surface area contributed by atoms with Crippen molar-refractivity contribution in [1.82, 2.24) is 0 Å². The Morgan fingerprint density at radius 3 is 2.55 bits per heavy atom. The topological polar surface area (TPSA) is 46.5 Å². The van der Waals surface area contributed by atoms with Crippen molar-refractivity contribution in [2.75, 3.05) is 6.61 Å². The Morgan fingerprint density at radius 1 is 1.15 bits per heavy atom. The molecule has 0 bridgehead atoms. The largest absolute Gasteiger partial charge is 0.492 e. The molecule has 2 aromatic carbocycles. The number of hydrogen-bond acceptors (Lipinski definition) is 2. The van der Waals surface area contributed by atoms with Crippen LogP contribution in [0.15, 0.2) is 53.0 Å². The lowest BCUT2D eigenvalue weighted by Crippen LogP contribution is -2.01. The lowest BCUT2D eigenvalue weighted by molar-refractivity contribution is 0.0697. The zero-order valence-corrected chi connectivity index (χ0v) is 12.5. The quantitative estimate of drug-likeness (QED) is 0.807. The highest BCUT2D eigenvalue weighted by molar-refractivity contribution is 9.10. The standard InChI is InChI=1S/C16H15BrO3/c17-14-11-13(16(18)19)8-9-15(14)20-10-4-7-12-5-2-1-3-6-12/h1-3,5-6,8-9,11H,4,7,10H2,(H,18,19). The summed E-state index contributed by atoms with van der Waals surface area (Å²) >= 11 is 3.32. The van der Waals surface area contributed by atoms with Gasteiger partial charge in [0.25, 0.3) is 0 Å². The van der Waals surface area contributed by atoms with Crippen molar-refractivity contribution in [2.45, 2.75) is 12.8 Å². The van der Waals surface area contributed by atoms with Gasteiger partial charge >= 0.3 is 5.97 Å². The SMILES string of the molecule is O=C(O)c1ccc(OCCCc2ccccc2)c(Br)c1. The molecule has 0 aliphatic rings. The van der Waals surface area contributed by atoms with Gasteiger partial charge in [0, 0.05) is 0 Å². The molecule has 3 nitrogen and oxygen atoms in total. The highest BCUT2D eigenvalue weighted by Crippen LogP contribution is 2.26. The van der Waals surface area contributed by atoms with E-state index in [0.29, 0.717) is 16.8 Å². The first-order valence-corrected chi connectivity index (χ1v) is 7.15. The maximum atomic E-state index is 10.8. The van der Waals surface area contributed by atoms with Crippen molar-refractivity contribution in [3.05, 3.63) is 64.1 Å². The van der Waals surface area contributed by atoms with Gasteiger partial charge in [-0.15, -0.1) is 0 Å². The van der Waals surface area contributed by atoms with Gasteiger partial charge in [-0.05, 0) is 52.5 Å². The Morgan fingerprint density at radius 2 is 1.90 bits per heavy atom. The van der Waals surface area contributed by atoms with Crippen molar-refractivity contribution in [3.63, 3.8) is 0 Å². The number of ether oxygens (including phenoxy) is 1. The van der Waals surface area contributed by atoms with Crippen molar-refractivity contribution in [2.24, 2.45) is 0 Å². The van der Waals surface area contributed by atoms with Gasteiger partial charge in [0.15, 0.2) is 0 Å². The maximum absolute atomic E-state index is 10.8. The van der Waals surface area contributed by atoms with Crippen LogP contribution >= 0.6 is 15.9 Å². The summed E-state index contributed by atoms with van der Waals surface area (Å²) in [6.07, 6.45) is 1.88. The van der Waals surface area contributed by atoms with Crippen LogP contribution in [0.4, 0.5) is 0 Å². The number of hydrogen-bond donors (Lipinski definition) is 1. The Labute approximate surface area is 126 Å². The minimum atomic E-state index is -0.943. The number of aryl methyl sites for hydroxylation is 1. The molecule has 2 aromatic rings. The maximum Gasteiger partial charge on any atom is 0.335 e. The van der Waals surface area contributed by atoms with E-state index < -0.39 is 5.97 Å². The molecule has 0 unspecified atom stereocenters. The minimum absolute atomic E-state index is 0.244. The fourth-order valence-corrected chi connectivity index (χ4v) is 2.35. The fourth-order valence-electron chi connectivity index (χ4n) is 1.85. The van der Waals surface area contributed by atoms with Crippen LogP contribution in [0.2, 0.25) is 0 Å². The molecule has 4 heteroatoms. The first-order chi connectivity index (χ1) is 9.66. The molecule has 0 saturated heterocycles. The van der Waals surface area contributed by atoms with Crippen LogP contribution in [0.25, 0.3) is 0 Å². The van der Waals surface area contributed by atoms with Crippen LogP contribution in [-0.4, -0.2) is 17.7 Å². The van der Waals surface area contributed by atoms with Gasteiger partial charge in [0.05, 0.1) is 16.6 Å². The van der Waals surface area contributed by atoms with Gasteiger partial charge in [-0.25, -0.2) is 4.79 Å². The molecular weight excluding hydrogens is 320 g/mol. The third-order valence-electron chi connectivity index (χ3n) is 2.89. The number of carboxylic acid groups (broad SMARTS) is 1. The van der Waals surface area contributed by atoms with Crippen LogP contribution < -0.4 is 4.74 Å². The van der Waals surface area contributed by atoms with Gasteiger partial charge in [-0.3, -0.25) is 0 Å². The predicted octanol–water partition coefficient (Wildman–Crippen LogP) is 4.16. The van der Waals surface area contributed by atoms with Crippen LogP contribution in [0.3, 0.4) is 0 Å². The molecule has 1 N–H and O–H groups in total. The van der Waals surface area contributed by atoms with E-state index in [1.54, 1.807) is 18.2 Å². The molecule has 0 saturated carbocycles.